The average molecular weight is 396 g/mol. The van der Waals surface area contributed by atoms with Crippen LogP contribution in [-0.4, -0.2) is 63.4 Å². The third-order valence-corrected chi connectivity index (χ3v) is 6.86. The summed E-state index contributed by atoms with van der Waals surface area (Å²) in [5.41, 5.74) is 0.207. The normalized spacial score (nSPS) is 25.7. The molecule has 1 atom stereocenters. The molecule has 142 valence electrons. The number of hydrogen-bond acceptors (Lipinski definition) is 4. The molecule has 1 N–H and O–H groups in total. The summed E-state index contributed by atoms with van der Waals surface area (Å²) in [7, 11) is -4.14. The van der Waals surface area contributed by atoms with E-state index in [1.165, 1.54) is 4.31 Å². The Morgan fingerprint density at radius 3 is 2.28 bits per heavy atom. The van der Waals surface area contributed by atoms with Gasteiger partial charge >= 0.3 is 0 Å². The van der Waals surface area contributed by atoms with Crippen LogP contribution in [0.1, 0.15) is 13.3 Å². The molecule has 2 aliphatic rings. The number of sulfonamides is 1. The Balaban J connectivity index is 0.00000225. The monoisotopic (exact) mass is 395 g/mol. The summed E-state index contributed by atoms with van der Waals surface area (Å²) in [5, 5.41) is 3.35. The third kappa shape index (κ3) is 4.31. The molecule has 0 aliphatic carbocycles. The zero-order valence-corrected chi connectivity index (χ0v) is 15.8. The van der Waals surface area contributed by atoms with Gasteiger partial charge < -0.3 is 10.2 Å². The predicted octanol–water partition coefficient (Wildman–Crippen LogP) is 1.69. The Kier molecular flexibility index (Phi) is 6.43. The molecule has 0 amide bonds. The molecular weight excluding hydrogens is 372 g/mol. The average Bonchev–Trinajstić information content (AvgIpc) is 2.93. The van der Waals surface area contributed by atoms with E-state index in [1.807, 2.05) is 0 Å². The summed E-state index contributed by atoms with van der Waals surface area (Å²) in [4.78, 5) is 1.39. The quantitative estimate of drug-likeness (QED) is 0.843. The zero-order chi connectivity index (χ0) is 17.4. The van der Waals surface area contributed by atoms with Gasteiger partial charge in [0.1, 0.15) is 11.6 Å². The lowest BCUT2D eigenvalue weighted by molar-refractivity contribution is 0.132. The van der Waals surface area contributed by atoms with E-state index in [2.05, 4.69) is 17.1 Å². The first-order valence-corrected chi connectivity index (χ1v) is 9.63. The van der Waals surface area contributed by atoms with Crippen molar-refractivity contribution < 1.29 is 17.2 Å². The van der Waals surface area contributed by atoms with Gasteiger partial charge in [-0.25, -0.2) is 17.2 Å². The molecule has 0 radical (unpaired) electrons. The second kappa shape index (κ2) is 7.84. The maximum Gasteiger partial charge on any atom is 0.249 e. The Hall–Kier alpha value is -0.800. The van der Waals surface area contributed by atoms with E-state index in [1.54, 1.807) is 0 Å². The van der Waals surface area contributed by atoms with Crippen LogP contribution in [0, 0.1) is 17.0 Å². The Bertz CT molecular complexity index is 683. The fourth-order valence-corrected chi connectivity index (χ4v) is 5.06. The first kappa shape index (κ1) is 20.5. The Morgan fingerprint density at radius 2 is 1.76 bits per heavy atom. The van der Waals surface area contributed by atoms with Crippen molar-refractivity contribution in [1.29, 1.82) is 0 Å². The lowest BCUT2D eigenvalue weighted by Crippen LogP contribution is -2.51. The largest absolute Gasteiger partial charge is 0.316 e. The lowest BCUT2D eigenvalue weighted by Gasteiger charge is -2.38. The minimum Gasteiger partial charge on any atom is -0.316 e. The molecule has 2 fully saturated rings. The molecule has 9 heteroatoms. The number of nitrogens with one attached hydrogen (secondary N) is 1. The second-order valence-corrected chi connectivity index (χ2v) is 8.84. The van der Waals surface area contributed by atoms with E-state index in [0.29, 0.717) is 13.1 Å². The van der Waals surface area contributed by atoms with E-state index >= 15 is 0 Å². The van der Waals surface area contributed by atoms with Crippen LogP contribution in [0.25, 0.3) is 0 Å². The van der Waals surface area contributed by atoms with Crippen LogP contribution in [0.2, 0.25) is 0 Å². The van der Waals surface area contributed by atoms with Gasteiger partial charge in [0.25, 0.3) is 0 Å². The highest BCUT2D eigenvalue weighted by Gasteiger charge is 2.36. The molecule has 0 saturated carbocycles. The summed E-state index contributed by atoms with van der Waals surface area (Å²) in [6.07, 6.45) is 1.10. The molecule has 5 nitrogen and oxygen atoms in total. The number of nitrogens with zero attached hydrogens (tertiary/aromatic N) is 2. The van der Waals surface area contributed by atoms with E-state index < -0.39 is 26.6 Å². The molecule has 2 aliphatic heterocycles. The highest BCUT2D eigenvalue weighted by molar-refractivity contribution is 7.89. The van der Waals surface area contributed by atoms with Crippen molar-refractivity contribution in [1.82, 2.24) is 14.5 Å². The van der Waals surface area contributed by atoms with E-state index in [4.69, 9.17) is 0 Å². The topological polar surface area (TPSA) is 52.7 Å². The van der Waals surface area contributed by atoms with Crippen molar-refractivity contribution in [2.24, 2.45) is 5.41 Å². The van der Waals surface area contributed by atoms with Gasteiger partial charge in [0.2, 0.25) is 10.0 Å². The Morgan fingerprint density at radius 1 is 1.16 bits per heavy atom. The minimum atomic E-state index is -4.14. The van der Waals surface area contributed by atoms with Crippen LogP contribution in [-0.2, 0) is 10.0 Å². The fourth-order valence-electron chi connectivity index (χ4n) is 3.53. The number of benzene rings is 1. The molecule has 1 aromatic carbocycles. The van der Waals surface area contributed by atoms with Gasteiger partial charge in [-0.2, -0.15) is 4.31 Å². The molecular formula is C16H24ClF2N3O2S. The standard InChI is InChI=1S/C16H23F2N3O2S.ClH/c1-16(5-6-19-11-16)12-20-7-9-21(10-8-20)24(22,23)15-13(17)3-2-4-14(15)18;/h2-4,19H,5-12H2,1H3;1H. The maximum atomic E-state index is 13.8. The molecule has 25 heavy (non-hydrogen) atoms. The van der Waals surface area contributed by atoms with Gasteiger partial charge in [-0.1, -0.05) is 13.0 Å². The summed E-state index contributed by atoms with van der Waals surface area (Å²) >= 11 is 0. The SMILES string of the molecule is CC1(CN2CCN(S(=O)(=O)c3c(F)cccc3F)CC2)CCNC1.Cl. The summed E-state index contributed by atoms with van der Waals surface area (Å²) in [6.45, 7) is 6.76. The molecule has 1 aromatic rings. The number of hydrogen-bond donors (Lipinski definition) is 1. The molecule has 2 saturated heterocycles. The van der Waals surface area contributed by atoms with Gasteiger partial charge in [-0.15, -0.1) is 12.4 Å². The number of piperazine rings is 1. The van der Waals surface area contributed by atoms with Crippen molar-refractivity contribution in [2.45, 2.75) is 18.2 Å². The Labute approximate surface area is 153 Å². The lowest BCUT2D eigenvalue weighted by atomic mass is 9.89. The number of halogens is 3. The van der Waals surface area contributed by atoms with Crippen molar-refractivity contribution in [3.63, 3.8) is 0 Å². The first-order valence-electron chi connectivity index (χ1n) is 8.19. The van der Waals surface area contributed by atoms with Crippen molar-refractivity contribution in [3.8, 4) is 0 Å². The van der Waals surface area contributed by atoms with Gasteiger partial charge in [0.05, 0.1) is 0 Å². The molecule has 0 spiro atoms. The van der Waals surface area contributed by atoms with E-state index in [-0.39, 0.29) is 30.9 Å². The van der Waals surface area contributed by atoms with Gasteiger partial charge in [-0.3, -0.25) is 0 Å². The van der Waals surface area contributed by atoms with Crippen LogP contribution in [0.3, 0.4) is 0 Å². The van der Waals surface area contributed by atoms with Gasteiger partial charge in [0.15, 0.2) is 4.90 Å². The van der Waals surface area contributed by atoms with Crippen molar-refractivity contribution in [2.75, 3.05) is 45.8 Å². The predicted molar refractivity (Wildman–Crippen MR) is 94.4 cm³/mol. The third-order valence-electron chi connectivity index (χ3n) is 4.91. The second-order valence-electron chi connectivity index (χ2n) is 6.97. The molecule has 1 unspecified atom stereocenters. The highest BCUT2D eigenvalue weighted by atomic mass is 35.5. The first-order chi connectivity index (χ1) is 11.3. The van der Waals surface area contributed by atoms with Crippen LogP contribution in [0.15, 0.2) is 23.1 Å². The minimum absolute atomic E-state index is 0. The van der Waals surface area contributed by atoms with Gasteiger partial charge in [0, 0.05) is 39.3 Å². The van der Waals surface area contributed by atoms with Crippen LogP contribution < -0.4 is 5.32 Å². The van der Waals surface area contributed by atoms with Crippen LogP contribution >= 0.6 is 12.4 Å². The fraction of sp³-hybridized carbons (Fsp3) is 0.625. The zero-order valence-electron chi connectivity index (χ0n) is 14.2. The van der Waals surface area contributed by atoms with Crippen LogP contribution in [0.5, 0.6) is 0 Å². The summed E-state index contributed by atoms with van der Waals surface area (Å²) in [6, 6.07) is 3.11. The summed E-state index contributed by atoms with van der Waals surface area (Å²) in [5.74, 6) is -2.08. The molecule has 0 bridgehead atoms. The van der Waals surface area contributed by atoms with Crippen molar-refractivity contribution >= 4 is 22.4 Å². The van der Waals surface area contributed by atoms with E-state index in [9.17, 15) is 17.2 Å². The summed E-state index contributed by atoms with van der Waals surface area (Å²) < 4.78 is 54.0. The molecule has 0 aromatic heterocycles. The molecule has 2 heterocycles. The van der Waals surface area contributed by atoms with E-state index in [0.717, 1.165) is 44.3 Å². The highest BCUT2D eigenvalue weighted by Crippen LogP contribution is 2.27. The number of rotatable bonds is 4. The van der Waals surface area contributed by atoms with Crippen molar-refractivity contribution in [3.05, 3.63) is 29.8 Å². The molecule has 3 rings (SSSR count). The smallest absolute Gasteiger partial charge is 0.249 e. The maximum absolute atomic E-state index is 13.8. The van der Waals surface area contributed by atoms with Gasteiger partial charge in [-0.05, 0) is 30.5 Å². The van der Waals surface area contributed by atoms with Crippen LogP contribution in [0.4, 0.5) is 8.78 Å².